The maximum Gasteiger partial charge on any atom is 0.264 e. The van der Waals surface area contributed by atoms with E-state index >= 15 is 0 Å². The van der Waals surface area contributed by atoms with Crippen molar-refractivity contribution in [2.24, 2.45) is 0 Å². The van der Waals surface area contributed by atoms with E-state index in [0.29, 0.717) is 17.7 Å². The minimum Gasteiger partial charge on any atom is -0.508 e. The fraction of sp³-hybridized carbons (Fsp3) is 0.0769. The molecular weight excluding hydrogens is 307 g/mol. The highest BCUT2D eigenvalue weighted by Crippen LogP contribution is 2.25. The first-order valence-electron chi connectivity index (χ1n) is 5.68. The van der Waals surface area contributed by atoms with Crippen LogP contribution < -0.4 is 4.72 Å². The van der Waals surface area contributed by atoms with Crippen molar-refractivity contribution in [2.45, 2.75) is 11.8 Å². The molecule has 0 saturated carbocycles. The lowest BCUT2D eigenvalue weighted by molar-refractivity contribution is 0.432. The summed E-state index contributed by atoms with van der Waals surface area (Å²) in [7, 11) is -4.46. The smallest absolute Gasteiger partial charge is 0.264 e. The molecule has 0 aliphatic heterocycles. The Morgan fingerprint density at radius 1 is 1.05 bits per heavy atom. The standard InChI is InChI=1S/C13H10F3NO3S/c1-7-2-3-8(6-10(7)18)17-21(19,20)11-5-4-9(14)12(15)13(11)16/h2-6,17-18H,1H3. The summed E-state index contributed by atoms with van der Waals surface area (Å²) >= 11 is 0. The van der Waals surface area contributed by atoms with Crippen molar-refractivity contribution >= 4 is 15.7 Å². The predicted molar refractivity (Wildman–Crippen MR) is 70.0 cm³/mol. The van der Waals surface area contributed by atoms with E-state index in [9.17, 15) is 26.7 Å². The Morgan fingerprint density at radius 3 is 2.33 bits per heavy atom. The molecule has 0 bridgehead atoms. The van der Waals surface area contributed by atoms with Crippen molar-refractivity contribution in [3.63, 3.8) is 0 Å². The average Bonchev–Trinajstić information content (AvgIpc) is 2.39. The number of halogens is 3. The third kappa shape index (κ3) is 2.94. The molecule has 0 aliphatic rings. The van der Waals surface area contributed by atoms with Crippen LogP contribution in [0.4, 0.5) is 18.9 Å². The Labute approximate surface area is 118 Å². The first kappa shape index (κ1) is 15.2. The fourth-order valence-corrected chi connectivity index (χ4v) is 2.72. The largest absolute Gasteiger partial charge is 0.508 e. The Kier molecular flexibility index (Phi) is 3.82. The minimum atomic E-state index is -4.46. The monoisotopic (exact) mass is 317 g/mol. The van der Waals surface area contributed by atoms with E-state index < -0.39 is 32.4 Å². The Hall–Kier alpha value is -2.22. The molecule has 0 amide bonds. The summed E-state index contributed by atoms with van der Waals surface area (Å²) in [5.74, 6) is -5.33. The van der Waals surface area contributed by atoms with Crippen molar-refractivity contribution in [3.05, 3.63) is 53.3 Å². The van der Waals surface area contributed by atoms with E-state index in [1.807, 2.05) is 4.72 Å². The summed E-state index contributed by atoms with van der Waals surface area (Å²) in [5, 5.41) is 9.48. The lowest BCUT2D eigenvalue weighted by Crippen LogP contribution is -2.15. The summed E-state index contributed by atoms with van der Waals surface area (Å²) in [6, 6.07) is 5.02. The molecule has 0 aliphatic carbocycles. The molecule has 2 rings (SSSR count). The molecule has 0 fully saturated rings. The summed E-state index contributed by atoms with van der Waals surface area (Å²) in [5.41, 5.74) is 0.471. The molecule has 0 aromatic heterocycles. The van der Waals surface area contributed by atoms with E-state index in [0.717, 1.165) is 6.07 Å². The third-order valence-electron chi connectivity index (χ3n) is 2.75. The number of phenolic OH excluding ortho intramolecular Hbond substituents is 1. The van der Waals surface area contributed by atoms with Gasteiger partial charge in [0, 0.05) is 6.07 Å². The molecule has 0 spiro atoms. The summed E-state index contributed by atoms with van der Waals surface area (Å²) < 4.78 is 65.3. The Bertz CT molecular complexity index is 807. The number of anilines is 1. The van der Waals surface area contributed by atoms with Crippen LogP contribution in [0.2, 0.25) is 0 Å². The number of rotatable bonds is 3. The van der Waals surface area contributed by atoms with Gasteiger partial charge in [-0.15, -0.1) is 0 Å². The van der Waals surface area contributed by atoms with Crippen LogP contribution in [0.25, 0.3) is 0 Å². The lowest BCUT2D eigenvalue weighted by atomic mass is 10.2. The van der Waals surface area contributed by atoms with Crippen LogP contribution in [0.5, 0.6) is 5.75 Å². The van der Waals surface area contributed by atoms with Gasteiger partial charge in [-0.3, -0.25) is 4.72 Å². The highest BCUT2D eigenvalue weighted by atomic mass is 32.2. The first-order chi connectivity index (χ1) is 9.72. The maximum atomic E-state index is 13.5. The first-order valence-corrected chi connectivity index (χ1v) is 7.16. The Morgan fingerprint density at radius 2 is 1.71 bits per heavy atom. The van der Waals surface area contributed by atoms with E-state index in [1.54, 1.807) is 6.92 Å². The molecular formula is C13H10F3NO3S. The SMILES string of the molecule is Cc1ccc(NS(=O)(=O)c2ccc(F)c(F)c2F)cc1O. The van der Waals surface area contributed by atoms with Gasteiger partial charge in [0.15, 0.2) is 17.5 Å². The molecule has 21 heavy (non-hydrogen) atoms. The number of benzene rings is 2. The quantitative estimate of drug-likeness (QED) is 0.856. The summed E-state index contributed by atoms with van der Waals surface area (Å²) in [6.45, 7) is 1.60. The predicted octanol–water partition coefficient (Wildman–Crippen LogP) is 2.92. The third-order valence-corrected chi connectivity index (χ3v) is 4.15. The molecule has 0 heterocycles. The van der Waals surface area contributed by atoms with Gasteiger partial charge in [0.05, 0.1) is 5.69 Å². The van der Waals surface area contributed by atoms with Crippen LogP contribution in [0.1, 0.15) is 5.56 Å². The van der Waals surface area contributed by atoms with Gasteiger partial charge in [-0.05, 0) is 30.7 Å². The van der Waals surface area contributed by atoms with Gasteiger partial charge in [0.2, 0.25) is 0 Å². The van der Waals surface area contributed by atoms with E-state index in [1.165, 1.54) is 12.1 Å². The van der Waals surface area contributed by atoms with Crippen molar-refractivity contribution in [2.75, 3.05) is 4.72 Å². The molecule has 8 heteroatoms. The molecule has 0 radical (unpaired) electrons. The minimum absolute atomic E-state index is 0.0396. The molecule has 0 saturated heterocycles. The van der Waals surface area contributed by atoms with Crippen LogP contribution in [0.15, 0.2) is 35.2 Å². The van der Waals surface area contributed by atoms with Crippen LogP contribution in [-0.4, -0.2) is 13.5 Å². The van der Waals surface area contributed by atoms with Crippen LogP contribution in [0.3, 0.4) is 0 Å². The van der Waals surface area contributed by atoms with Gasteiger partial charge in [0.1, 0.15) is 10.6 Å². The number of aryl methyl sites for hydroxylation is 1. The number of hydrogen-bond acceptors (Lipinski definition) is 3. The van der Waals surface area contributed by atoms with Crippen LogP contribution in [0, 0.1) is 24.4 Å². The molecule has 112 valence electrons. The molecule has 2 aromatic rings. The lowest BCUT2D eigenvalue weighted by Gasteiger charge is -2.10. The van der Waals surface area contributed by atoms with Gasteiger partial charge < -0.3 is 5.11 Å². The van der Waals surface area contributed by atoms with E-state index in [2.05, 4.69) is 0 Å². The zero-order valence-corrected chi connectivity index (χ0v) is 11.5. The fourth-order valence-electron chi connectivity index (χ4n) is 1.60. The Balaban J connectivity index is 2.43. The topological polar surface area (TPSA) is 66.4 Å². The van der Waals surface area contributed by atoms with Crippen molar-refractivity contribution in [1.29, 1.82) is 0 Å². The average molecular weight is 317 g/mol. The second-order valence-electron chi connectivity index (χ2n) is 4.28. The second-order valence-corrected chi connectivity index (χ2v) is 5.93. The van der Waals surface area contributed by atoms with Crippen LogP contribution in [-0.2, 0) is 10.0 Å². The zero-order valence-electron chi connectivity index (χ0n) is 10.7. The number of hydrogen-bond donors (Lipinski definition) is 2. The van der Waals surface area contributed by atoms with E-state index in [-0.39, 0.29) is 11.4 Å². The van der Waals surface area contributed by atoms with Gasteiger partial charge in [-0.2, -0.15) is 0 Å². The van der Waals surface area contributed by atoms with Crippen molar-refractivity contribution in [3.8, 4) is 5.75 Å². The molecule has 2 N–H and O–H groups in total. The molecule has 0 atom stereocenters. The van der Waals surface area contributed by atoms with Gasteiger partial charge in [-0.1, -0.05) is 6.07 Å². The number of nitrogens with one attached hydrogen (secondary N) is 1. The second kappa shape index (κ2) is 5.28. The number of sulfonamides is 1. The normalized spacial score (nSPS) is 11.4. The number of phenols is 1. The van der Waals surface area contributed by atoms with Crippen LogP contribution >= 0.6 is 0 Å². The highest BCUT2D eigenvalue weighted by molar-refractivity contribution is 7.92. The highest BCUT2D eigenvalue weighted by Gasteiger charge is 2.24. The summed E-state index contributed by atoms with van der Waals surface area (Å²) in [6.07, 6.45) is 0. The summed E-state index contributed by atoms with van der Waals surface area (Å²) in [4.78, 5) is -1.03. The van der Waals surface area contributed by atoms with Crippen molar-refractivity contribution < 1.29 is 26.7 Å². The number of aromatic hydroxyl groups is 1. The van der Waals surface area contributed by atoms with E-state index in [4.69, 9.17) is 0 Å². The van der Waals surface area contributed by atoms with Gasteiger partial charge in [-0.25, -0.2) is 21.6 Å². The zero-order chi connectivity index (χ0) is 15.8. The van der Waals surface area contributed by atoms with Gasteiger partial charge >= 0.3 is 0 Å². The maximum absolute atomic E-state index is 13.5. The van der Waals surface area contributed by atoms with Gasteiger partial charge in [0.25, 0.3) is 10.0 Å². The molecule has 2 aromatic carbocycles. The molecule has 4 nitrogen and oxygen atoms in total. The molecule has 0 unspecified atom stereocenters. The van der Waals surface area contributed by atoms with Crippen molar-refractivity contribution in [1.82, 2.24) is 0 Å².